The summed E-state index contributed by atoms with van der Waals surface area (Å²) in [5, 5.41) is 7.12. The Bertz CT molecular complexity index is 280. The van der Waals surface area contributed by atoms with E-state index in [4.69, 9.17) is 20.4 Å². The number of rotatable bonds is 4. The number of ether oxygens (including phenoxy) is 1. The van der Waals surface area contributed by atoms with E-state index in [-0.39, 0.29) is 0 Å². The van der Waals surface area contributed by atoms with Crippen molar-refractivity contribution >= 4 is 5.97 Å². The van der Waals surface area contributed by atoms with E-state index in [1.165, 1.54) is 0 Å². The van der Waals surface area contributed by atoms with Crippen LogP contribution in [-0.2, 0) is 9.53 Å². The summed E-state index contributed by atoms with van der Waals surface area (Å²) in [5.41, 5.74) is 6.02. The molecule has 0 aromatic heterocycles. The summed E-state index contributed by atoms with van der Waals surface area (Å²) >= 11 is 0. The quantitative estimate of drug-likeness (QED) is 0.819. The summed E-state index contributed by atoms with van der Waals surface area (Å²) < 4.78 is 37.0. The van der Waals surface area contributed by atoms with Gasteiger partial charge in [-0.15, -0.1) is 0 Å². The molecule has 1 fully saturated rings. The van der Waals surface area contributed by atoms with Gasteiger partial charge in [0.2, 0.25) is 0 Å². The summed E-state index contributed by atoms with van der Waals surface area (Å²) in [6, 6.07) is 0.332. The number of aliphatic carboxylic acids is 1. The summed E-state index contributed by atoms with van der Waals surface area (Å²) in [4.78, 5) is 11.3. The van der Waals surface area contributed by atoms with Crippen molar-refractivity contribution in [2.24, 2.45) is 11.7 Å². The molecule has 1 rings (SSSR count). The van der Waals surface area contributed by atoms with Crippen molar-refractivity contribution in [3.63, 3.8) is 0 Å². The molecule has 0 aromatic carbocycles. The molecule has 0 spiro atoms. The first kappa shape index (κ1) is 19.1. The number of carboxylic acids is 1. The first-order valence-electron chi connectivity index (χ1n) is 6.48. The van der Waals surface area contributed by atoms with Gasteiger partial charge >= 0.3 is 12.1 Å². The fraction of sp³-hybridized carbons (Fsp3) is 0.917. The lowest BCUT2D eigenvalue weighted by atomic mass is 10.0. The normalized spacial score (nSPS) is 18.4. The molecule has 8 heteroatoms. The number of morpholine rings is 1. The van der Waals surface area contributed by atoms with Crippen LogP contribution in [0.25, 0.3) is 0 Å². The highest BCUT2D eigenvalue weighted by molar-refractivity contribution is 5.73. The van der Waals surface area contributed by atoms with Crippen molar-refractivity contribution in [2.45, 2.75) is 32.5 Å². The SMILES string of the molecule is CC(C)C[C@H](N)CN1CCOCC1.O=C(O)C(F)(F)F. The molecule has 1 aliphatic heterocycles. The predicted octanol–water partition coefficient (Wildman–Crippen LogP) is 1.33. The molecule has 1 atom stereocenters. The summed E-state index contributed by atoms with van der Waals surface area (Å²) in [5.74, 6) is -2.05. The lowest BCUT2D eigenvalue weighted by Crippen LogP contribution is -2.44. The number of carbonyl (C=O) groups is 1. The maximum absolute atomic E-state index is 10.6. The molecule has 0 radical (unpaired) electrons. The molecule has 1 heterocycles. The first-order valence-corrected chi connectivity index (χ1v) is 6.48. The average Bonchev–Trinajstić information content (AvgIpc) is 2.28. The van der Waals surface area contributed by atoms with E-state index >= 15 is 0 Å². The van der Waals surface area contributed by atoms with E-state index in [1.54, 1.807) is 0 Å². The first-order chi connectivity index (χ1) is 9.12. The van der Waals surface area contributed by atoms with Gasteiger partial charge in [0, 0.05) is 25.7 Å². The third-order valence-corrected chi connectivity index (χ3v) is 2.61. The third kappa shape index (κ3) is 9.99. The Morgan fingerprint density at radius 3 is 2.15 bits per heavy atom. The maximum Gasteiger partial charge on any atom is 0.490 e. The molecule has 120 valence electrons. The van der Waals surface area contributed by atoms with Gasteiger partial charge in [0.1, 0.15) is 0 Å². The molecule has 1 aliphatic rings. The van der Waals surface area contributed by atoms with Crippen LogP contribution in [-0.4, -0.2) is 61.0 Å². The molecule has 0 unspecified atom stereocenters. The Balaban J connectivity index is 0.000000441. The van der Waals surface area contributed by atoms with Crippen LogP contribution in [0.1, 0.15) is 20.3 Å². The van der Waals surface area contributed by atoms with Gasteiger partial charge in [-0.3, -0.25) is 4.90 Å². The summed E-state index contributed by atoms with van der Waals surface area (Å²) in [6.07, 6.45) is -3.96. The van der Waals surface area contributed by atoms with E-state index in [0.29, 0.717) is 12.0 Å². The van der Waals surface area contributed by atoms with Crippen LogP contribution < -0.4 is 5.73 Å². The Morgan fingerprint density at radius 1 is 1.35 bits per heavy atom. The van der Waals surface area contributed by atoms with E-state index < -0.39 is 12.1 Å². The van der Waals surface area contributed by atoms with E-state index in [2.05, 4.69) is 18.7 Å². The smallest absolute Gasteiger partial charge is 0.475 e. The molecule has 0 saturated carbocycles. The van der Waals surface area contributed by atoms with Gasteiger partial charge in [0.25, 0.3) is 0 Å². The molecular weight excluding hydrogens is 277 g/mol. The Labute approximate surface area is 116 Å². The molecular formula is C12H23F3N2O3. The largest absolute Gasteiger partial charge is 0.490 e. The minimum Gasteiger partial charge on any atom is -0.475 e. The second-order valence-corrected chi connectivity index (χ2v) is 5.11. The van der Waals surface area contributed by atoms with Crippen LogP contribution in [0.3, 0.4) is 0 Å². The average molecular weight is 300 g/mol. The van der Waals surface area contributed by atoms with Crippen molar-refractivity contribution in [3.05, 3.63) is 0 Å². The Hall–Kier alpha value is -0.860. The number of carboxylic acid groups (broad SMARTS) is 1. The van der Waals surface area contributed by atoms with Gasteiger partial charge in [-0.2, -0.15) is 13.2 Å². The number of alkyl halides is 3. The van der Waals surface area contributed by atoms with Gasteiger partial charge < -0.3 is 15.6 Å². The summed E-state index contributed by atoms with van der Waals surface area (Å²) in [6.45, 7) is 9.31. The molecule has 0 aromatic rings. The third-order valence-electron chi connectivity index (χ3n) is 2.61. The second kappa shape index (κ2) is 9.15. The van der Waals surface area contributed by atoms with Crippen molar-refractivity contribution in [3.8, 4) is 0 Å². The lowest BCUT2D eigenvalue weighted by molar-refractivity contribution is -0.192. The standard InChI is InChI=1S/C10H22N2O.C2HF3O2/c1-9(2)7-10(11)8-12-3-5-13-6-4-12;3-2(4,5)1(6)7/h9-10H,3-8,11H2,1-2H3;(H,6,7)/t10-;/m0./s1. The second-order valence-electron chi connectivity index (χ2n) is 5.11. The highest BCUT2D eigenvalue weighted by Crippen LogP contribution is 2.13. The van der Waals surface area contributed by atoms with Crippen molar-refractivity contribution in [1.29, 1.82) is 0 Å². The maximum atomic E-state index is 10.6. The van der Waals surface area contributed by atoms with Crippen molar-refractivity contribution < 1.29 is 27.8 Å². The van der Waals surface area contributed by atoms with Crippen LogP contribution in [0.4, 0.5) is 13.2 Å². The molecule has 0 amide bonds. The molecule has 0 bridgehead atoms. The van der Waals surface area contributed by atoms with Gasteiger partial charge in [-0.1, -0.05) is 13.8 Å². The highest BCUT2D eigenvalue weighted by atomic mass is 19.4. The molecule has 5 nitrogen and oxygen atoms in total. The van der Waals surface area contributed by atoms with Gasteiger partial charge in [-0.05, 0) is 12.3 Å². The zero-order valence-corrected chi connectivity index (χ0v) is 11.8. The molecule has 1 saturated heterocycles. The number of nitrogens with two attached hydrogens (primary N) is 1. The van der Waals surface area contributed by atoms with Crippen molar-refractivity contribution in [1.82, 2.24) is 4.90 Å². The van der Waals surface area contributed by atoms with Gasteiger partial charge in [0.15, 0.2) is 0 Å². The minimum atomic E-state index is -5.08. The van der Waals surface area contributed by atoms with Gasteiger partial charge in [-0.25, -0.2) is 4.79 Å². The Kier molecular flexibility index (Phi) is 8.75. The topological polar surface area (TPSA) is 75.8 Å². The zero-order chi connectivity index (χ0) is 15.8. The van der Waals surface area contributed by atoms with Crippen LogP contribution in [0, 0.1) is 5.92 Å². The lowest BCUT2D eigenvalue weighted by Gasteiger charge is -2.29. The molecule has 3 N–H and O–H groups in total. The number of nitrogens with zero attached hydrogens (tertiary/aromatic N) is 1. The van der Waals surface area contributed by atoms with E-state index in [9.17, 15) is 13.2 Å². The van der Waals surface area contributed by atoms with Crippen LogP contribution >= 0.6 is 0 Å². The molecule has 0 aliphatic carbocycles. The number of hydrogen-bond donors (Lipinski definition) is 2. The number of halogens is 3. The van der Waals surface area contributed by atoms with Crippen molar-refractivity contribution in [2.75, 3.05) is 32.8 Å². The van der Waals surface area contributed by atoms with Crippen LogP contribution in [0.2, 0.25) is 0 Å². The predicted molar refractivity (Wildman–Crippen MR) is 68.4 cm³/mol. The van der Waals surface area contributed by atoms with Crippen LogP contribution in [0.15, 0.2) is 0 Å². The fourth-order valence-corrected chi connectivity index (χ4v) is 1.80. The van der Waals surface area contributed by atoms with E-state index in [0.717, 1.165) is 39.3 Å². The summed E-state index contributed by atoms with van der Waals surface area (Å²) in [7, 11) is 0. The number of hydrogen-bond acceptors (Lipinski definition) is 4. The zero-order valence-electron chi connectivity index (χ0n) is 11.8. The minimum absolute atomic E-state index is 0.332. The van der Waals surface area contributed by atoms with Crippen LogP contribution in [0.5, 0.6) is 0 Å². The monoisotopic (exact) mass is 300 g/mol. The Morgan fingerprint density at radius 2 is 1.80 bits per heavy atom. The van der Waals surface area contributed by atoms with Gasteiger partial charge in [0.05, 0.1) is 13.2 Å². The molecule has 20 heavy (non-hydrogen) atoms. The van der Waals surface area contributed by atoms with E-state index in [1.807, 2.05) is 0 Å². The fourth-order valence-electron chi connectivity index (χ4n) is 1.80. The highest BCUT2D eigenvalue weighted by Gasteiger charge is 2.38.